The van der Waals surface area contributed by atoms with E-state index in [4.69, 9.17) is 5.73 Å². The monoisotopic (exact) mass is 289 g/mol. The van der Waals surface area contributed by atoms with E-state index < -0.39 is 0 Å². The maximum Gasteiger partial charge on any atom is 0.257 e. The lowest BCUT2D eigenvalue weighted by molar-refractivity contribution is 0.102. The Hall–Kier alpha value is -1.72. The van der Waals surface area contributed by atoms with E-state index >= 15 is 0 Å². The van der Waals surface area contributed by atoms with Gasteiger partial charge in [-0.2, -0.15) is 0 Å². The summed E-state index contributed by atoms with van der Waals surface area (Å²) in [5.41, 5.74) is 8.28. The second-order valence-electron chi connectivity index (χ2n) is 4.92. The maximum atomic E-state index is 12.1. The first-order chi connectivity index (χ1) is 9.60. The Balaban J connectivity index is 2.03. The summed E-state index contributed by atoms with van der Waals surface area (Å²) in [7, 11) is 0. The van der Waals surface area contributed by atoms with E-state index in [0.717, 1.165) is 17.7 Å². The maximum absolute atomic E-state index is 12.1. The molecule has 0 saturated carbocycles. The van der Waals surface area contributed by atoms with Crippen molar-refractivity contribution in [3.63, 3.8) is 0 Å². The predicted molar refractivity (Wildman–Crippen MR) is 83.4 cm³/mol. The van der Waals surface area contributed by atoms with Crippen LogP contribution in [-0.4, -0.2) is 17.4 Å². The van der Waals surface area contributed by atoms with Crippen LogP contribution >= 0.6 is 11.3 Å². The average Bonchev–Trinajstić information content (AvgIpc) is 2.88. The number of aromatic nitrogens is 1. The minimum Gasteiger partial charge on any atom is -0.330 e. The quantitative estimate of drug-likeness (QED) is 0.889. The number of amides is 1. The molecule has 5 heteroatoms. The molecular formula is C15H19N3OS. The van der Waals surface area contributed by atoms with Crippen LogP contribution in [0.5, 0.6) is 0 Å². The van der Waals surface area contributed by atoms with Gasteiger partial charge in [0.25, 0.3) is 5.91 Å². The predicted octanol–water partition coefficient (Wildman–Crippen LogP) is 3.02. The average molecular weight is 289 g/mol. The van der Waals surface area contributed by atoms with E-state index in [1.54, 1.807) is 0 Å². The first kappa shape index (κ1) is 14.7. The van der Waals surface area contributed by atoms with Crippen LogP contribution in [-0.2, 0) is 6.42 Å². The van der Waals surface area contributed by atoms with Gasteiger partial charge in [0.2, 0.25) is 0 Å². The molecule has 1 amide bonds. The van der Waals surface area contributed by atoms with Crippen molar-refractivity contribution in [2.45, 2.75) is 26.2 Å². The smallest absolute Gasteiger partial charge is 0.257 e. The van der Waals surface area contributed by atoms with Crippen LogP contribution in [0, 0.1) is 0 Å². The zero-order valence-electron chi connectivity index (χ0n) is 11.7. The zero-order valence-corrected chi connectivity index (χ0v) is 12.5. The van der Waals surface area contributed by atoms with Crippen molar-refractivity contribution in [1.29, 1.82) is 0 Å². The third-order valence-corrected chi connectivity index (χ3v) is 3.76. The fourth-order valence-electron chi connectivity index (χ4n) is 1.77. The first-order valence-corrected chi connectivity index (χ1v) is 7.54. The molecule has 2 rings (SSSR count). The van der Waals surface area contributed by atoms with E-state index in [9.17, 15) is 4.79 Å². The summed E-state index contributed by atoms with van der Waals surface area (Å²) in [6.45, 7) is 4.77. The number of anilines is 1. The molecule has 0 radical (unpaired) electrons. The number of hydrogen-bond acceptors (Lipinski definition) is 4. The molecule has 0 unspecified atom stereocenters. The molecule has 1 aromatic heterocycles. The fraction of sp³-hybridized carbons (Fsp3) is 0.333. The van der Waals surface area contributed by atoms with Crippen molar-refractivity contribution in [2.75, 3.05) is 11.9 Å². The molecule has 0 aliphatic rings. The minimum atomic E-state index is -0.131. The minimum absolute atomic E-state index is 0.131. The molecule has 0 aliphatic heterocycles. The van der Waals surface area contributed by atoms with Gasteiger partial charge in [0, 0.05) is 10.9 Å². The van der Waals surface area contributed by atoms with Crippen LogP contribution in [0.1, 0.15) is 41.4 Å². The van der Waals surface area contributed by atoms with Crippen molar-refractivity contribution < 1.29 is 4.79 Å². The summed E-state index contributed by atoms with van der Waals surface area (Å²) in [4.78, 5) is 16.5. The molecule has 0 saturated heterocycles. The van der Waals surface area contributed by atoms with Gasteiger partial charge in [0.15, 0.2) is 5.13 Å². The summed E-state index contributed by atoms with van der Waals surface area (Å²) >= 11 is 1.45. The van der Waals surface area contributed by atoms with Crippen LogP contribution in [0.15, 0.2) is 29.6 Å². The molecular weight excluding hydrogens is 270 g/mol. The Morgan fingerprint density at radius 2 is 2.05 bits per heavy atom. The summed E-state index contributed by atoms with van der Waals surface area (Å²) in [5.74, 6) is 0.237. The van der Waals surface area contributed by atoms with Gasteiger partial charge in [-0.15, -0.1) is 11.3 Å². The largest absolute Gasteiger partial charge is 0.330 e. The Morgan fingerprint density at radius 1 is 1.35 bits per heavy atom. The molecule has 3 N–H and O–H groups in total. The first-order valence-electron chi connectivity index (χ1n) is 6.66. The van der Waals surface area contributed by atoms with E-state index in [0.29, 0.717) is 23.2 Å². The van der Waals surface area contributed by atoms with E-state index in [2.05, 4.69) is 24.1 Å². The number of nitrogens with two attached hydrogens (primary N) is 1. The van der Waals surface area contributed by atoms with Crippen molar-refractivity contribution in [3.8, 4) is 0 Å². The summed E-state index contributed by atoms with van der Waals surface area (Å²) in [6.07, 6.45) is 0.826. The van der Waals surface area contributed by atoms with Crippen molar-refractivity contribution in [1.82, 2.24) is 4.98 Å². The van der Waals surface area contributed by atoms with E-state index in [-0.39, 0.29) is 5.91 Å². The van der Waals surface area contributed by atoms with Crippen LogP contribution in [0.25, 0.3) is 0 Å². The third kappa shape index (κ3) is 3.65. The van der Waals surface area contributed by atoms with Crippen molar-refractivity contribution in [2.24, 2.45) is 5.73 Å². The molecule has 4 nitrogen and oxygen atoms in total. The lowest BCUT2D eigenvalue weighted by Gasteiger charge is -2.03. The molecule has 106 valence electrons. The number of benzene rings is 1. The van der Waals surface area contributed by atoms with Gasteiger partial charge in [0.05, 0.1) is 5.69 Å². The van der Waals surface area contributed by atoms with Gasteiger partial charge in [-0.05, 0) is 36.6 Å². The van der Waals surface area contributed by atoms with Gasteiger partial charge < -0.3 is 5.73 Å². The molecule has 0 atom stereocenters. The Kier molecular flexibility index (Phi) is 4.87. The van der Waals surface area contributed by atoms with Gasteiger partial charge in [-0.25, -0.2) is 4.98 Å². The van der Waals surface area contributed by atoms with Gasteiger partial charge in [-0.1, -0.05) is 26.0 Å². The van der Waals surface area contributed by atoms with E-state index in [1.165, 1.54) is 11.3 Å². The van der Waals surface area contributed by atoms with Crippen molar-refractivity contribution in [3.05, 3.63) is 46.5 Å². The van der Waals surface area contributed by atoms with Gasteiger partial charge in [-0.3, -0.25) is 10.1 Å². The van der Waals surface area contributed by atoms with Crippen LogP contribution in [0.3, 0.4) is 0 Å². The van der Waals surface area contributed by atoms with Crippen LogP contribution in [0.4, 0.5) is 5.13 Å². The second kappa shape index (κ2) is 6.63. The zero-order chi connectivity index (χ0) is 14.5. The fourth-order valence-corrected chi connectivity index (χ4v) is 2.63. The standard InChI is InChI=1S/C15H19N3OS/c1-10(2)13-9-20-15(17-13)18-14(19)12-5-3-11(4-6-12)7-8-16/h3-6,9-10H,7-8,16H2,1-2H3,(H,17,18,19). The second-order valence-corrected chi connectivity index (χ2v) is 5.78. The molecule has 0 spiro atoms. The number of carbonyl (C=O) groups excluding carboxylic acids is 1. The topological polar surface area (TPSA) is 68.0 Å². The van der Waals surface area contributed by atoms with Crippen molar-refractivity contribution >= 4 is 22.4 Å². The number of rotatable bonds is 5. The highest BCUT2D eigenvalue weighted by molar-refractivity contribution is 7.14. The number of thiazole rings is 1. The number of carbonyl (C=O) groups is 1. The number of nitrogens with zero attached hydrogens (tertiary/aromatic N) is 1. The number of hydrogen-bond donors (Lipinski definition) is 2. The Morgan fingerprint density at radius 3 is 2.60 bits per heavy atom. The normalized spacial score (nSPS) is 10.8. The Labute approximate surface area is 123 Å². The highest BCUT2D eigenvalue weighted by atomic mass is 32.1. The number of nitrogens with one attached hydrogen (secondary N) is 1. The summed E-state index contributed by atoms with van der Waals surface area (Å²) in [6, 6.07) is 7.50. The molecule has 1 aromatic carbocycles. The lowest BCUT2D eigenvalue weighted by atomic mass is 10.1. The lowest BCUT2D eigenvalue weighted by Crippen LogP contribution is -2.12. The van der Waals surface area contributed by atoms with Gasteiger partial charge >= 0.3 is 0 Å². The SMILES string of the molecule is CC(C)c1csc(NC(=O)c2ccc(CCN)cc2)n1. The Bertz CT molecular complexity index is 575. The molecule has 0 fully saturated rings. The van der Waals surface area contributed by atoms with Crippen LogP contribution < -0.4 is 11.1 Å². The van der Waals surface area contributed by atoms with E-state index in [1.807, 2.05) is 29.6 Å². The highest BCUT2D eigenvalue weighted by Gasteiger charge is 2.10. The van der Waals surface area contributed by atoms with Gasteiger partial charge in [0.1, 0.15) is 0 Å². The molecule has 20 heavy (non-hydrogen) atoms. The third-order valence-electron chi connectivity index (χ3n) is 2.98. The molecule has 0 bridgehead atoms. The van der Waals surface area contributed by atoms with Crippen LogP contribution in [0.2, 0.25) is 0 Å². The summed E-state index contributed by atoms with van der Waals surface area (Å²) in [5, 5.41) is 5.45. The molecule has 2 aromatic rings. The molecule has 0 aliphatic carbocycles. The molecule has 1 heterocycles. The highest BCUT2D eigenvalue weighted by Crippen LogP contribution is 2.21. The summed E-state index contributed by atoms with van der Waals surface area (Å²) < 4.78 is 0.